The summed E-state index contributed by atoms with van der Waals surface area (Å²) in [5.74, 6) is 0.255. The Morgan fingerprint density at radius 1 is 1.59 bits per heavy atom. The van der Waals surface area contributed by atoms with Crippen LogP contribution in [0.25, 0.3) is 0 Å². The van der Waals surface area contributed by atoms with Gasteiger partial charge in [0, 0.05) is 23.0 Å². The van der Waals surface area contributed by atoms with Gasteiger partial charge in [-0.1, -0.05) is 6.42 Å². The van der Waals surface area contributed by atoms with Gasteiger partial charge in [-0.15, -0.1) is 0 Å². The van der Waals surface area contributed by atoms with Crippen LogP contribution in [0.3, 0.4) is 0 Å². The van der Waals surface area contributed by atoms with Gasteiger partial charge in [0.25, 0.3) is 0 Å². The molecule has 0 aliphatic carbocycles. The number of aliphatic carboxylic acids is 1. The second-order valence-electron chi connectivity index (χ2n) is 4.48. The first kappa shape index (κ1) is 12.3. The molecule has 7 heteroatoms. The minimum Gasteiger partial charge on any atom is -0.481 e. The molecule has 0 radical (unpaired) electrons. The third-order valence-corrected chi connectivity index (χ3v) is 5.10. The van der Waals surface area contributed by atoms with Gasteiger partial charge in [-0.2, -0.15) is 0 Å². The van der Waals surface area contributed by atoms with Crippen LogP contribution in [0.15, 0.2) is 4.99 Å². The van der Waals surface area contributed by atoms with E-state index in [9.17, 15) is 9.00 Å². The number of fused-ring (bicyclic) bond motifs is 1. The number of carboxylic acid groups (broad SMARTS) is 1. The Kier molecular flexibility index (Phi) is 3.66. The summed E-state index contributed by atoms with van der Waals surface area (Å²) >= 11 is 0. The summed E-state index contributed by atoms with van der Waals surface area (Å²) < 4.78 is 11.9. The Hall–Kier alpha value is -1.11. The first-order valence-electron chi connectivity index (χ1n) is 5.76. The third-order valence-electron chi connectivity index (χ3n) is 3.23. The van der Waals surface area contributed by atoms with E-state index in [1.807, 2.05) is 0 Å². The maximum absolute atomic E-state index is 11.9. The van der Waals surface area contributed by atoms with Crippen LogP contribution in [0, 0.1) is 0 Å². The van der Waals surface area contributed by atoms with E-state index in [0.29, 0.717) is 18.1 Å². The Bertz CT molecular complexity index is 372. The van der Waals surface area contributed by atoms with E-state index in [0.717, 1.165) is 12.8 Å². The van der Waals surface area contributed by atoms with Gasteiger partial charge < -0.3 is 16.2 Å². The summed E-state index contributed by atoms with van der Waals surface area (Å²) in [6.07, 6.45) is 2.35. The zero-order valence-electron chi connectivity index (χ0n) is 9.46. The Balaban J connectivity index is 1.83. The van der Waals surface area contributed by atoms with Crippen molar-refractivity contribution in [3.05, 3.63) is 0 Å². The van der Waals surface area contributed by atoms with E-state index in [4.69, 9.17) is 10.8 Å². The quantitative estimate of drug-likeness (QED) is 0.573. The van der Waals surface area contributed by atoms with Crippen LogP contribution in [-0.4, -0.2) is 44.3 Å². The van der Waals surface area contributed by atoms with Crippen molar-refractivity contribution in [1.29, 1.82) is 0 Å². The van der Waals surface area contributed by atoms with Gasteiger partial charge >= 0.3 is 5.97 Å². The van der Waals surface area contributed by atoms with E-state index in [1.165, 1.54) is 0 Å². The molecule has 2 rings (SSSR count). The highest BCUT2D eigenvalue weighted by Crippen LogP contribution is 2.27. The predicted molar refractivity (Wildman–Crippen MR) is 65.2 cm³/mol. The fourth-order valence-corrected chi connectivity index (χ4v) is 4.30. The second-order valence-corrected chi connectivity index (χ2v) is 6.18. The number of guanidine groups is 1. The molecule has 1 fully saturated rings. The highest BCUT2D eigenvalue weighted by Gasteiger charge is 2.44. The van der Waals surface area contributed by atoms with Crippen LogP contribution in [0.2, 0.25) is 0 Å². The summed E-state index contributed by atoms with van der Waals surface area (Å²) in [7, 11) is -0.871. The molecule has 2 aliphatic rings. The lowest BCUT2D eigenvalue weighted by Crippen LogP contribution is -2.38. The van der Waals surface area contributed by atoms with Crippen molar-refractivity contribution in [3.8, 4) is 0 Å². The minimum atomic E-state index is -0.871. The normalized spacial score (nSPS) is 35.2. The van der Waals surface area contributed by atoms with Crippen molar-refractivity contribution in [2.45, 2.75) is 43.0 Å². The topological polar surface area (TPSA) is 105 Å². The van der Waals surface area contributed by atoms with E-state index >= 15 is 0 Å². The van der Waals surface area contributed by atoms with Crippen LogP contribution >= 0.6 is 0 Å². The number of nitrogens with zero attached hydrogens (tertiary/aromatic N) is 1. The number of hydrogen-bond donors (Lipinski definition) is 3. The van der Waals surface area contributed by atoms with Gasteiger partial charge in [0.05, 0.1) is 17.3 Å². The molecule has 6 nitrogen and oxygen atoms in total. The molecule has 0 aromatic carbocycles. The van der Waals surface area contributed by atoms with Crippen LogP contribution in [0.1, 0.15) is 25.7 Å². The lowest BCUT2D eigenvalue weighted by Gasteiger charge is -2.13. The molecule has 0 amide bonds. The number of carbonyl (C=O) groups is 1. The monoisotopic (exact) mass is 259 g/mol. The largest absolute Gasteiger partial charge is 0.481 e. The first-order valence-corrected chi connectivity index (χ1v) is 7.15. The van der Waals surface area contributed by atoms with Crippen LogP contribution in [0.5, 0.6) is 0 Å². The number of rotatable bonds is 5. The number of unbranched alkanes of at least 4 members (excludes halogenated alkanes) is 1. The Labute approximate surface area is 102 Å². The molecule has 0 bridgehead atoms. The van der Waals surface area contributed by atoms with Gasteiger partial charge in [0.15, 0.2) is 5.96 Å². The van der Waals surface area contributed by atoms with E-state index in [1.54, 1.807) is 0 Å². The van der Waals surface area contributed by atoms with E-state index in [2.05, 4.69) is 10.3 Å². The molecule has 0 unspecified atom stereocenters. The SMILES string of the molecule is NC1=N[C@@H]2[C@@H](CCCCC(=O)O)[S@@](=O)C[C@H]2N1. The number of hydrogen-bond acceptors (Lipinski definition) is 5. The number of nitrogens with two attached hydrogens (primary N) is 1. The molecule has 0 aromatic heterocycles. The maximum Gasteiger partial charge on any atom is 0.303 e. The zero-order chi connectivity index (χ0) is 12.4. The van der Waals surface area contributed by atoms with Crippen molar-refractivity contribution >= 4 is 22.7 Å². The molecule has 96 valence electrons. The van der Waals surface area contributed by atoms with Crippen molar-refractivity contribution < 1.29 is 14.1 Å². The molecule has 0 saturated carbocycles. The van der Waals surface area contributed by atoms with Gasteiger partial charge in [-0.25, -0.2) is 4.99 Å². The van der Waals surface area contributed by atoms with Crippen molar-refractivity contribution in [2.24, 2.45) is 10.7 Å². The van der Waals surface area contributed by atoms with E-state index in [-0.39, 0.29) is 23.8 Å². The van der Waals surface area contributed by atoms with Crippen molar-refractivity contribution in [2.75, 3.05) is 5.75 Å². The molecular formula is C10H17N3O3S. The standard InChI is InChI=1S/C10H17N3O3S/c11-10-12-6-5-17(16)7(9(6)13-10)3-1-2-4-8(14)15/h6-7,9H,1-5H2,(H,14,15)(H3,11,12,13)/t6-,7-,9+,17+/m1/s1. The summed E-state index contributed by atoms with van der Waals surface area (Å²) in [4.78, 5) is 14.6. The summed E-state index contributed by atoms with van der Waals surface area (Å²) in [6, 6.07) is 0.126. The zero-order valence-corrected chi connectivity index (χ0v) is 10.3. The lowest BCUT2D eigenvalue weighted by atomic mass is 10.0. The lowest BCUT2D eigenvalue weighted by molar-refractivity contribution is -0.137. The molecule has 4 atom stereocenters. The van der Waals surface area contributed by atoms with Gasteiger partial charge in [-0.05, 0) is 12.8 Å². The smallest absolute Gasteiger partial charge is 0.303 e. The highest BCUT2D eigenvalue weighted by atomic mass is 32.2. The first-order chi connectivity index (χ1) is 8.08. The van der Waals surface area contributed by atoms with E-state index < -0.39 is 16.8 Å². The predicted octanol–water partition coefficient (Wildman–Crippen LogP) is -0.583. The number of nitrogens with one attached hydrogen (secondary N) is 1. The summed E-state index contributed by atoms with van der Waals surface area (Å²) in [5, 5.41) is 11.6. The van der Waals surface area contributed by atoms with Crippen molar-refractivity contribution in [1.82, 2.24) is 5.32 Å². The van der Waals surface area contributed by atoms with Gasteiger partial charge in [0.1, 0.15) is 0 Å². The van der Waals surface area contributed by atoms with Crippen LogP contribution in [-0.2, 0) is 15.6 Å². The molecule has 2 aliphatic heterocycles. The molecular weight excluding hydrogens is 242 g/mol. The molecule has 1 saturated heterocycles. The summed E-state index contributed by atoms with van der Waals surface area (Å²) in [5.41, 5.74) is 5.59. The second kappa shape index (κ2) is 5.03. The molecule has 0 aromatic rings. The molecule has 0 spiro atoms. The highest BCUT2D eigenvalue weighted by molar-refractivity contribution is 7.86. The molecule has 17 heavy (non-hydrogen) atoms. The van der Waals surface area contributed by atoms with Gasteiger partial charge in [-0.3, -0.25) is 9.00 Å². The Morgan fingerprint density at radius 3 is 3.06 bits per heavy atom. The number of aliphatic imine (C=N–C) groups is 1. The Morgan fingerprint density at radius 2 is 2.35 bits per heavy atom. The fourth-order valence-electron chi connectivity index (χ4n) is 2.43. The van der Waals surface area contributed by atoms with Crippen LogP contribution < -0.4 is 11.1 Å². The fraction of sp³-hybridized carbons (Fsp3) is 0.800. The average molecular weight is 259 g/mol. The average Bonchev–Trinajstić information content (AvgIpc) is 2.69. The van der Waals surface area contributed by atoms with Crippen LogP contribution in [0.4, 0.5) is 0 Å². The number of carboxylic acids is 1. The third kappa shape index (κ3) is 2.77. The van der Waals surface area contributed by atoms with Crippen molar-refractivity contribution in [3.63, 3.8) is 0 Å². The van der Waals surface area contributed by atoms with Gasteiger partial charge in [0.2, 0.25) is 0 Å². The molecule has 2 heterocycles. The minimum absolute atomic E-state index is 0.0145. The maximum atomic E-state index is 11.9. The summed E-state index contributed by atoms with van der Waals surface area (Å²) in [6.45, 7) is 0. The molecule has 4 N–H and O–H groups in total.